The topological polar surface area (TPSA) is 71.3 Å². The number of carbonyl (C=O) groups excluding carboxylic acids is 1. The van der Waals surface area contributed by atoms with Crippen LogP contribution in [0.4, 0.5) is 20.3 Å². The molecule has 2 aromatic heterocycles. The Morgan fingerprint density at radius 3 is 2.70 bits per heavy atom. The quantitative estimate of drug-likeness (QED) is 0.751. The zero-order valence-electron chi connectivity index (χ0n) is 14.8. The Kier molecular flexibility index (Phi) is 4.47. The molecule has 0 saturated carbocycles. The van der Waals surface area contributed by atoms with Crippen LogP contribution >= 0.6 is 0 Å². The lowest BCUT2D eigenvalue weighted by molar-refractivity contribution is 0.102. The van der Waals surface area contributed by atoms with Gasteiger partial charge in [0.05, 0.1) is 16.6 Å². The monoisotopic (exact) mass is 372 g/mol. The van der Waals surface area contributed by atoms with Crippen molar-refractivity contribution >= 4 is 28.5 Å². The fourth-order valence-corrected chi connectivity index (χ4v) is 3.42. The minimum atomic E-state index is -0.846. The van der Waals surface area contributed by atoms with Crippen LogP contribution in [-0.4, -0.2) is 29.0 Å². The van der Waals surface area contributed by atoms with Gasteiger partial charge in [0.15, 0.2) is 0 Å². The molecule has 0 atom stereocenters. The van der Waals surface area contributed by atoms with Gasteiger partial charge >= 0.3 is 0 Å². The molecule has 0 spiro atoms. The average Bonchev–Trinajstić information content (AvgIpc) is 3.00. The van der Waals surface area contributed by atoms with Crippen LogP contribution in [-0.2, 0) is 0 Å². The second-order valence-electron chi connectivity index (χ2n) is 6.54. The van der Waals surface area contributed by atoms with E-state index in [9.17, 15) is 13.6 Å². The zero-order chi connectivity index (χ0) is 19.0. The van der Waals surface area contributed by atoms with Gasteiger partial charge in [0, 0.05) is 19.2 Å². The fraction of sp³-hybridized carbons (Fsp3) is 0.316. The SMILES string of the molecule is Cc1oc2ncnc(N3CCCCC3)c2c1C(=O)Nc1ccc(F)cc1F. The Balaban J connectivity index is 1.76. The average molecular weight is 372 g/mol. The predicted molar refractivity (Wildman–Crippen MR) is 96.9 cm³/mol. The summed E-state index contributed by atoms with van der Waals surface area (Å²) >= 11 is 0. The van der Waals surface area contributed by atoms with Gasteiger partial charge in [0.25, 0.3) is 5.91 Å². The number of rotatable bonds is 3. The molecule has 1 aliphatic heterocycles. The molecule has 1 amide bonds. The number of anilines is 2. The van der Waals surface area contributed by atoms with Crippen LogP contribution in [0.3, 0.4) is 0 Å². The van der Waals surface area contributed by atoms with Crippen LogP contribution in [0.15, 0.2) is 28.9 Å². The third kappa shape index (κ3) is 3.22. The van der Waals surface area contributed by atoms with Crippen LogP contribution in [0.5, 0.6) is 0 Å². The standard InChI is InChI=1S/C19H18F2N4O2/c1-11-15(18(26)24-14-6-5-12(20)9-13(14)21)16-17(22-10-23-19(16)27-11)25-7-3-2-4-8-25/h5-6,9-10H,2-4,7-8H2,1H3,(H,24,26). The smallest absolute Gasteiger partial charge is 0.260 e. The number of amides is 1. The number of nitrogens with zero attached hydrogens (tertiary/aromatic N) is 3. The van der Waals surface area contributed by atoms with Crippen molar-refractivity contribution in [3.05, 3.63) is 47.5 Å². The number of fused-ring (bicyclic) bond motifs is 1. The molecule has 1 N–H and O–H groups in total. The largest absolute Gasteiger partial charge is 0.442 e. The lowest BCUT2D eigenvalue weighted by Crippen LogP contribution is -2.30. The van der Waals surface area contributed by atoms with Crippen molar-refractivity contribution in [3.8, 4) is 0 Å². The minimum Gasteiger partial charge on any atom is -0.442 e. The number of nitrogens with one attached hydrogen (secondary N) is 1. The van der Waals surface area contributed by atoms with Crippen molar-refractivity contribution in [3.63, 3.8) is 0 Å². The Morgan fingerprint density at radius 1 is 1.19 bits per heavy atom. The molecule has 4 rings (SSSR count). The summed E-state index contributed by atoms with van der Waals surface area (Å²) in [6.07, 6.45) is 4.66. The third-order valence-electron chi connectivity index (χ3n) is 4.71. The van der Waals surface area contributed by atoms with E-state index in [1.165, 1.54) is 12.4 Å². The van der Waals surface area contributed by atoms with Gasteiger partial charge in [-0.1, -0.05) is 0 Å². The van der Waals surface area contributed by atoms with Gasteiger partial charge < -0.3 is 14.6 Å². The van der Waals surface area contributed by atoms with Crippen LogP contribution in [0.25, 0.3) is 11.1 Å². The van der Waals surface area contributed by atoms with Crippen LogP contribution < -0.4 is 10.2 Å². The Morgan fingerprint density at radius 2 is 1.96 bits per heavy atom. The van der Waals surface area contributed by atoms with Gasteiger partial charge in [-0.2, -0.15) is 0 Å². The lowest BCUT2D eigenvalue weighted by atomic mass is 10.1. The molecule has 1 saturated heterocycles. The highest BCUT2D eigenvalue weighted by Gasteiger charge is 2.26. The summed E-state index contributed by atoms with van der Waals surface area (Å²) in [6.45, 7) is 3.32. The van der Waals surface area contributed by atoms with E-state index in [0.29, 0.717) is 22.7 Å². The molecule has 0 aliphatic carbocycles. The Labute approximate surface area is 154 Å². The van der Waals surface area contributed by atoms with E-state index in [4.69, 9.17) is 4.42 Å². The van der Waals surface area contributed by atoms with Gasteiger partial charge in [-0.05, 0) is 38.3 Å². The number of piperidine rings is 1. The highest BCUT2D eigenvalue weighted by Crippen LogP contribution is 2.33. The first-order chi connectivity index (χ1) is 13.0. The summed E-state index contributed by atoms with van der Waals surface area (Å²) in [5.41, 5.74) is 0.467. The van der Waals surface area contributed by atoms with E-state index in [1.807, 2.05) is 0 Å². The van der Waals surface area contributed by atoms with Crippen LogP contribution in [0.1, 0.15) is 35.4 Å². The van der Waals surface area contributed by atoms with E-state index >= 15 is 0 Å². The fourth-order valence-electron chi connectivity index (χ4n) is 3.42. The molecular weight excluding hydrogens is 354 g/mol. The first-order valence-corrected chi connectivity index (χ1v) is 8.80. The molecule has 3 aromatic rings. The molecule has 1 fully saturated rings. The summed E-state index contributed by atoms with van der Waals surface area (Å²) in [5, 5.41) is 3.00. The van der Waals surface area contributed by atoms with Gasteiger partial charge in [-0.3, -0.25) is 4.79 Å². The molecule has 1 aromatic carbocycles. The highest BCUT2D eigenvalue weighted by atomic mass is 19.1. The molecule has 6 nitrogen and oxygen atoms in total. The van der Waals surface area contributed by atoms with Gasteiger partial charge in [-0.25, -0.2) is 18.7 Å². The molecule has 0 unspecified atom stereocenters. The Hall–Kier alpha value is -3.03. The third-order valence-corrected chi connectivity index (χ3v) is 4.71. The lowest BCUT2D eigenvalue weighted by Gasteiger charge is -2.28. The van der Waals surface area contributed by atoms with Crippen molar-refractivity contribution in [2.24, 2.45) is 0 Å². The van der Waals surface area contributed by atoms with Gasteiger partial charge in [-0.15, -0.1) is 0 Å². The van der Waals surface area contributed by atoms with Crippen molar-refractivity contribution in [2.45, 2.75) is 26.2 Å². The molecule has 0 bridgehead atoms. The molecule has 8 heteroatoms. The van der Waals surface area contributed by atoms with Gasteiger partial charge in [0.1, 0.15) is 29.5 Å². The molecule has 0 radical (unpaired) electrons. The van der Waals surface area contributed by atoms with E-state index in [1.54, 1.807) is 6.92 Å². The summed E-state index contributed by atoms with van der Waals surface area (Å²) in [4.78, 5) is 23.5. The maximum atomic E-state index is 13.9. The first kappa shape index (κ1) is 17.4. The molecule has 1 aliphatic rings. The number of hydrogen-bond donors (Lipinski definition) is 1. The second-order valence-corrected chi connectivity index (χ2v) is 6.54. The van der Waals surface area contributed by atoms with E-state index in [2.05, 4.69) is 20.2 Å². The summed E-state index contributed by atoms with van der Waals surface area (Å²) in [5.74, 6) is -1.10. The minimum absolute atomic E-state index is 0.105. The number of aromatic nitrogens is 2. The van der Waals surface area contributed by atoms with Crippen molar-refractivity contribution < 1.29 is 18.0 Å². The summed E-state index contributed by atoms with van der Waals surface area (Å²) in [6, 6.07) is 2.99. The number of benzene rings is 1. The molecule has 27 heavy (non-hydrogen) atoms. The first-order valence-electron chi connectivity index (χ1n) is 8.80. The van der Waals surface area contributed by atoms with Crippen molar-refractivity contribution in [1.29, 1.82) is 0 Å². The number of carbonyl (C=O) groups is 1. The summed E-state index contributed by atoms with van der Waals surface area (Å²) in [7, 11) is 0. The molecular formula is C19H18F2N4O2. The normalized spacial score (nSPS) is 14.6. The van der Waals surface area contributed by atoms with Crippen LogP contribution in [0, 0.1) is 18.6 Å². The Bertz CT molecular complexity index is 1010. The van der Waals surface area contributed by atoms with Gasteiger partial charge in [0.2, 0.25) is 5.71 Å². The van der Waals surface area contributed by atoms with E-state index < -0.39 is 17.5 Å². The maximum Gasteiger partial charge on any atom is 0.260 e. The summed E-state index contributed by atoms with van der Waals surface area (Å²) < 4.78 is 32.7. The molecule has 140 valence electrons. The van der Waals surface area contributed by atoms with Crippen LogP contribution in [0.2, 0.25) is 0 Å². The zero-order valence-corrected chi connectivity index (χ0v) is 14.8. The van der Waals surface area contributed by atoms with E-state index in [0.717, 1.165) is 44.5 Å². The van der Waals surface area contributed by atoms with E-state index in [-0.39, 0.29) is 11.3 Å². The van der Waals surface area contributed by atoms with Crippen molar-refractivity contribution in [2.75, 3.05) is 23.3 Å². The number of halogens is 2. The predicted octanol–water partition coefficient (Wildman–Crippen LogP) is 4.05. The number of hydrogen-bond acceptors (Lipinski definition) is 5. The number of aryl methyl sites for hydroxylation is 1. The molecule has 3 heterocycles. The highest BCUT2D eigenvalue weighted by molar-refractivity contribution is 6.15. The maximum absolute atomic E-state index is 13.9. The second kappa shape index (κ2) is 6.94. The number of furan rings is 1. The van der Waals surface area contributed by atoms with Crippen molar-refractivity contribution in [1.82, 2.24) is 9.97 Å².